The lowest BCUT2D eigenvalue weighted by Crippen LogP contribution is -2.40. The zero-order chi connectivity index (χ0) is 32.8. The molecule has 0 spiro atoms. The maximum Gasteiger partial charge on any atom is 0.251 e. The van der Waals surface area contributed by atoms with Gasteiger partial charge in [0.05, 0.1) is 36.1 Å². The van der Waals surface area contributed by atoms with Gasteiger partial charge in [0, 0.05) is 59.1 Å². The fourth-order valence-electron chi connectivity index (χ4n) is 6.42. The number of amides is 2. The molecule has 12 heteroatoms. The molecule has 2 aliphatic rings. The van der Waals surface area contributed by atoms with E-state index < -0.39 is 11.6 Å². The molecule has 1 atom stereocenters. The van der Waals surface area contributed by atoms with Gasteiger partial charge in [0.1, 0.15) is 35.4 Å². The summed E-state index contributed by atoms with van der Waals surface area (Å²) in [6, 6.07) is 11.1. The molecule has 7 rings (SSSR count). The lowest BCUT2D eigenvalue weighted by molar-refractivity contribution is -0.129. The van der Waals surface area contributed by atoms with Crippen LogP contribution in [0.4, 0.5) is 8.78 Å². The number of fused-ring (bicyclic) bond motifs is 3. The average Bonchev–Trinajstić information content (AvgIpc) is 3.73. The van der Waals surface area contributed by atoms with Gasteiger partial charge in [-0.3, -0.25) is 14.3 Å². The molecule has 2 aromatic carbocycles. The summed E-state index contributed by atoms with van der Waals surface area (Å²) in [7, 11) is 1.52. The summed E-state index contributed by atoms with van der Waals surface area (Å²) in [4.78, 5) is 32.0. The van der Waals surface area contributed by atoms with Crippen LogP contribution in [0, 0.1) is 11.6 Å². The molecule has 9 nitrogen and oxygen atoms in total. The molecule has 240 valence electrons. The van der Waals surface area contributed by atoms with Crippen LogP contribution in [0.5, 0.6) is 5.75 Å². The maximum absolute atomic E-state index is 16.1. The SMILES string of the molecule is C=CC(=O)N1CCn2nc(-c3nc(-c4ccc5c(c4)CCNC5=O)c4ccsc4c3-c3c(F)cc(F)cc3OCCOC)cc2[C@@H]1C. The summed E-state index contributed by atoms with van der Waals surface area (Å²) in [5.74, 6) is -1.85. The molecule has 0 aliphatic carbocycles. The quantitative estimate of drug-likeness (QED) is 0.159. The second-order valence-electron chi connectivity index (χ2n) is 11.4. The van der Waals surface area contributed by atoms with E-state index in [1.165, 1.54) is 30.6 Å². The highest BCUT2D eigenvalue weighted by Gasteiger charge is 2.31. The fourth-order valence-corrected chi connectivity index (χ4v) is 7.36. The molecule has 0 unspecified atom stereocenters. The van der Waals surface area contributed by atoms with E-state index in [0.29, 0.717) is 59.0 Å². The molecule has 0 fully saturated rings. The summed E-state index contributed by atoms with van der Waals surface area (Å²) in [5.41, 5.74) is 5.09. The molecule has 1 N–H and O–H groups in total. The molecular weight excluding hydrogens is 624 g/mol. The monoisotopic (exact) mass is 655 g/mol. The van der Waals surface area contributed by atoms with E-state index in [-0.39, 0.29) is 42.4 Å². The third kappa shape index (κ3) is 5.36. The Balaban J connectivity index is 1.49. The first kappa shape index (κ1) is 30.7. The number of carbonyl (C=O) groups is 2. The fraction of sp³-hybridized carbons (Fsp3) is 0.257. The van der Waals surface area contributed by atoms with Crippen molar-refractivity contribution in [2.45, 2.75) is 25.9 Å². The minimum Gasteiger partial charge on any atom is -0.490 e. The summed E-state index contributed by atoms with van der Waals surface area (Å²) in [6.07, 6.45) is 1.98. The molecule has 5 heterocycles. The van der Waals surface area contributed by atoms with E-state index >= 15 is 4.39 Å². The minimum atomic E-state index is -0.803. The van der Waals surface area contributed by atoms with Crippen molar-refractivity contribution in [3.63, 3.8) is 0 Å². The van der Waals surface area contributed by atoms with Crippen LogP contribution in [0.15, 0.2) is 60.5 Å². The zero-order valence-corrected chi connectivity index (χ0v) is 26.6. The minimum absolute atomic E-state index is 0.0185. The Kier molecular flexibility index (Phi) is 8.06. The van der Waals surface area contributed by atoms with Crippen molar-refractivity contribution in [3.05, 3.63) is 89.0 Å². The Hall–Kier alpha value is -4.94. The van der Waals surface area contributed by atoms with Crippen molar-refractivity contribution in [3.8, 4) is 39.5 Å². The highest BCUT2D eigenvalue weighted by Crippen LogP contribution is 2.47. The Morgan fingerprint density at radius 2 is 1.98 bits per heavy atom. The van der Waals surface area contributed by atoms with Gasteiger partial charge >= 0.3 is 0 Å². The van der Waals surface area contributed by atoms with Gasteiger partial charge in [0.15, 0.2) is 0 Å². The van der Waals surface area contributed by atoms with Gasteiger partial charge in [-0.1, -0.05) is 12.6 Å². The smallest absolute Gasteiger partial charge is 0.251 e. The number of benzene rings is 2. The molecule has 0 radical (unpaired) electrons. The first-order valence-corrected chi connectivity index (χ1v) is 16.1. The second-order valence-corrected chi connectivity index (χ2v) is 12.3. The summed E-state index contributed by atoms with van der Waals surface area (Å²) >= 11 is 1.40. The largest absolute Gasteiger partial charge is 0.490 e. The first-order chi connectivity index (χ1) is 22.8. The van der Waals surface area contributed by atoms with E-state index in [1.807, 2.05) is 41.3 Å². The third-order valence-electron chi connectivity index (χ3n) is 8.68. The molecule has 2 aliphatic heterocycles. The van der Waals surface area contributed by atoms with Gasteiger partial charge < -0.3 is 19.7 Å². The number of nitrogens with zero attached hydrogens (tertiary/aromatic N) is 4. The van der Waals surface area contributed by atoms with Crippen molar-refractivity contribution in [2.75, 3.05) is 33.4 Å². The normalized spacial score (nSPS) is 15.7. The number of pyridine rings is 1. The van der Waals surface area contributed by atoms with Crippen molar-refractivity contribution < 1.29 is 27.8 Å². The molecule has 47 heavy (non-hydrogen) atoms. The number of thiophene rings is 1. The molecule has 2 amide bonds. The summed E-state index contributed by atoms with van der Waals surface area (Å²) < 4.78 is 44.3. The molecule has 0 saturated heterocycles. The zero-order valence-electron chi connectivity index (χ0n) is 25.8. The predicted molar refractivity (Wildman–Crippen MR) is 175 cm³/mol. The van der Waals surface area contributed by atoms with E-state index in [9.17, 15) is 14.0 Å². The van der Waals surface area contributed by atoms with E-state index in [1.54, 1.807) is 11.0 Å². The molecule has 0 bridgehead atoms. The Labute approximate surface area is 273 Å². The van der Waals surface area contributed by atoms with Gasteiger partial charge in [0.2, 0.25) is 5.91 Å². The van der Waals surface area contributed by atoms with E-state index in [4.69, 9.17) is 19.6 Å². The van der Waals surface area contributed by atoms with Crippen LogP contribution in [0.2, 0.25) is 0 Å². The first-order valence-electron chi connectivity index (χ1n) is 15.2. The highest BCUT2D eigenvalue weighted by molar-refractivity contribution is 7.18. The number of methoxy groups -OCH3 is 1. The van der Waals surface area contributed by atoms with Crippen LogP contribution in [-0.4, -0.2) is 64.9 Å². The Morgan fingerprint density at radius 3 is 2.79 bits per heavy atom. The number of hydrogen-bond acceptors (Lipinski definition) is 7. The van der Waals surface area contributed by atoms with Gasteiger partial charge in [-0.05, 0) is 54.6 Å². The van der Waals surface area contributed by atoms with Crippen molar-refractivity contribution in [2.24, 2.45) is 0 Å². The predicted octanol–water partition coefficient (Wildman–Crippen LogP) is 6.17. The molecule has 5 aromatic rings. The van der Waals surface area contributed by atoms with Gasteiger partial charge in [-0.15, -0.1) is 11.3 Å². The van der Waals surface area contributed by atoms with Crippen molar-refractivity contribution >= 4 is 33.2 Å². The maximum atomic E-state index is 16.1. The van der Waals surface area contributed by atoms with Crippen molar-refractivity contribution in [1.29, 1.82) is 0 Å². The number of carbonyl (C=O) groups excluding carboxylic acids is 2. The van der Waals surface area contributed by atoms with E-state index in [0.717, 1.165) is 28.3 Å². The lowest BCUT2D eigenvalue weighted by Gasteiger charge is -2.33. The number of rotatable bonds is 8. The third-order valence-corrected chi connectivity index (χ3v) is 9.62. The average molecular weight is 656 g/mol. The summed E-state index contributed by atoms with van der Waals surface area (Å²) in [5, 5.41) is 10.5. The van der Waals surface area contributed by atoms with Crippen LogP contribution >= 0.6 is 11.3 Å². The molecule has 0 saturated carbocycles. The van der Waals surface area contributed by atoms with E-state index in [2.05, 4.69) is 11.9 Å². The number of ether oxygens (including phenoxy) is 2. The van der Waals surface area contributed by atoms with Crippen LogP contribution in [-0.2, 0) is 22.5 Å². The number of hydrogen-bond donors (Lipinski definition) is 1. The molecule has 3 aromatic heterocycles. The van der Waals surface area contributed by atoms with Crippen LogP contribution in [0.25, 0.3) is 43.9 Å². The lowest BCUT2D eigenvalue weighted by atomic mass is 9.93. The van der Waals surface area contributed by atoms with Crippen LogP contribution in [0.3, 0.4) is 0 Å². The number of aromatic nitrogens is 3. The number of halogens is 2. The van der Waals surface area contributed by atoms with Crippen molar-refractivity contribution in [1.82, 2.24) is 25.0 Å². The van der Waals surface area contributed by atoms with Gasteiger partial charge in [0.25, 0.3) is 5.91 Å². The second kappa shape index (κ2) is 12.3. The Bertz CT molecular complexity index is 2070. The standard InChI is InChI=1S/C35H31F2N5O4S/c1-4-29(43)41-10-11-42-27(19(41)2)18-26(40-42)33-31(30-25(37)16-22(36)17-28(30)46-13-12-45-3)34-24(8-14-47-34)32(39-33)21-5-6-23-20(15-21)7-9-38-35(23)44/h4-6,8,14-19H,1,7,9-13H2,2-3H3,(H,38,44)/t19-/m0/s1. The van der Waals surface area contributed by atoms with Gasteiger partial charge in [-0.2, -0.15) is 5.10 Å². The molecular formula is C35H31F2N5O4S. The topological polar surface area (TPSA) is 98.6 Å². The van der Waals surface area contributed by atoms with Gasteiger partial charge in [-0.25, -0.2) is 13.8 Å². The number of nitrogens with one attached hydrogen (secondary N) is 1. The van der Waals surface area contributed by atoms with Crippen LogP contribution in [0.1, 0.15) is 34.6 Å². The summed E-state index contributed by atoms with van der Waals surface area (Å²) in [6.45, 7) is 7.30. The van der Waals surface area contributed by atoms with Crippen LogP contribution < -0.4 is 10.1 Å². The highest BCUT2D eigenvalue weighted by atomic mass is 32.1. The Morgan fingerprint density at radius 1 is 1.13 bits per heavy atom.